The van der Waals surface area contributed by atoms with E-state index in [2.05, 4.69) is 36.1 Å². The van der Waals surface area contributed by atoms with Crippen molar-refractivity contribution in [2.75, 3.05) is 26.7 Å². The van der Waals surface area contributed by atoms with Gasteiger partial charge in [0.15, 0.2) is 0 Å². The van der Waals surface area contributed by atoms with Crippen molar-refractivity contribution >= 4 is 11.8 Å². The van der Waals surface area contributed by atoms with E-state index in [1.165, 1.54) is 16.0 Å². The maximum Gasteiger partial charge on any atom is 0.261 e. The highest BCUT2D eigenvalue weighted by molar-refractivity contribution is 6.21. The fraction of sp³-hybridized carbons (Fsp3) is 0.417. The van der Waals surface area contributed by atoms with Crippen LogP contribution in [0.15, 0.2) is 48.5 Å². The first-order valence-corrected chi connectivity index (χ1v) is 10.4. The van der Waals surface area contributed by atoms with Crippen LogP contribution in [0.2, 0.25) is 0 Å². The third-order valence-electron chi connectivity index (χ3n) is 6.92. The van der Waals surface area contributed by atoms with Crippen molar-refractivity contribution in [1.29, 1.82) is 0 Å². The summed E-state index contributed by atoms with van der Waals surface area (Å²) in [5, 5.41) is 0. The van der Waals surface area contributed by atoms with Crippen molar-refractivity contribution < 1.29 is 14.3 Å². The molecular formula is C24H26N2O3. The summed E-state index contributed by atoms with van der Waals surface area (Å²) < 4.78 is 5.86. The average molecular weight is 390 g/mol. The van der Waals surface area contributed by atoms with Crippen LogP contribution in [-0.2, 0) is 4.74 Å². The number of amides is 2. The molecule has 0 radical (unpaired) electrons. The lowest BCUT2D eigenvalue weighted by molar-refractivity contribution is 0.0503. The Balaban J connectivity index is 1.35. The number of nitrogens with zero attached hydrogens (tertiary/aromatic N) is 2. The highest BCUT2D eigenvalue weighted by Crippen LogP contribution is 2.50. The van der Waals surface area contributed by atoms with Crippen LogP contribution in [0.4, 0.5) is 0 Å². The van der Waals surface area contributed by atoms with Gasteiger partial charge in [0.1, 0.15) is 0 Å². The summed E-state index contributed by atoms with van der Waals surface area (Å²) in [6, 6.07) is 15.6. The molecule has 2 heterocycles. The van der Waals surface area contributed by atoms with Gasteiger partial charge in [-0.3, -0.25) is 14.5 Å². The molecule has 150 valence electrons. The monoisotopic (exact) mass is 390 g/mol. The van der Waals surface area contributed by atoms with Crippen LogP contribution < -0.4 is 0 Å². The molecule has 0 saturated carbocycles. The van der Waals surface area contributed by atoms with Crippen molar-refractivity contribution in [3.8, 4) is 0 Å². The number of hydrogen-bond acceptors (Lipinski definition) is 4. The summed E-state index contributed by atoms with van der Waals surface area (Å²) in [5.74, 6) is 0.571. The predicted octanol–water partition coefficient (Wildman–Crippen LogP) is 3.48. The van der Waals surface area contributed by atoms with Crippen molar-refractivity contribution in [2.24, 2.45) is 5.92 Å². The van der Waals surface area contributed by atoms with Crippen LogP contribution in [0.25, 0.3) is 0 Å². The number of carbonyl (C=O) groups is 2. The Morgan fingerprint density at radius 2 is 1.59 bits per heavy atom. The van der Waals surface area contributed by atoms with E-state index >= 15 is 0 Å². The van der Waals surface area contributed by atoms with Crippen LogP contribution in [0, 0.1) is 5.92 Å². The molecule has 2 amide bonds. The number of fused-ring (bicyclic) bond motifs is 4. The Hall–Kier alpha value is -2.50. The van der Waals surface area contributed by atoms with Gasteiger partial charge in [0.2, 0.25) is 0 Å². The molecule has 4 unspecified atom stereocenters. The molecule has 29 heavy (non-hydrogen) atoms. The Labute approximate surface area is 171 Å². The Morgan fingerprint density at radius 1 is 0.966 bits per heavy atom. The van der Waals surface area contributed by atoms with Gasteiger partial charge in [-0.25, -0.2) is 0 Å². The second kappa shape index (κ2) is 7.08. The molecule has 5 rings (SSSR count). The number of benzene rings is 2. The number of rotatable bonds is 5. The maximum atomic E-state index is 12.9. The van der Waals surface area contributed by atoms with E-state index in [4.69, 9.17) is 4.74 Å². The molecule has 0 spiro atoms. The van der Waals surface area contributed by atoms with Gasteiger partial charge in [-0.1, -0.05) is 43.3 Å². The summed E-state index contributed by atoms with van der Waals surface area (Å²) in [6.45, 7) is 4.64. The van der Waals surface area contributed by atoms with Crippen molar-refractivity contribution in [3.05, 3.63) is 70.8 Å². The maximum absolute atomic E-state index is 12.9. The van der Waals surface area contributed by atoms with E-state index in [0.29, 0.717) is 29.5 Å². The summed E-state index contributed by atoms with van der Waals surface area (Å²) in [6.07, 6.45) is 0.877. The minimum Gasteiger partial charge on any atom is -0.376 e. The van der Waals surface area contributed by atoms with E-state index < -0.39 is 0 Å². The molecule has 2 aromatic carbocycles. The molecule has 5 nitrogen and oxygen atoms in total. The molecule has 0 N–H and O–H groups in total. The van der Waals surface area contributed by atoms with E-state index in [1.807, 2.05) is 12.1 Å². The van der Waals surface area contributed by atoms with Crippen LogP contribution in [0.1, 0.15) is 57.2 Å². The third kappa shape index (κ3) is 2.75. The first-order chi connectivity index (χ1) is 14.1. The first kappa shape index (κ1) is 18.5. The molecule has 0 aromatic heterocycles. The van der Waals surface area contributed by atoms with E-state index in [-0.39, 0.29) is 24.0 Å². The van der Waals surface area contributed by atoms with Crippen LogP contribution in [0.5, 0.6) is 0 Å². The van der Waals surface area contributed by atoms with Gasteiger partial charge < -0.3 is 9.64 Å². The lowest BCUT2D eigenvalue weighted by atomic mass is 9.96. The average Bonchev–Trinajstić information content (AvgIpc) is 3.36. The number of ether oxygens (including phenoxy) is 1. The smallest absolute Gasteiger partial charge is 0.261 e. The number of likely N-dealkylation sites (tertiary alicyclic amines) is 1. The summed E-state index contributed by atoms with van der Waals surface area (Å²) in [4.78, 5) is 29.7. The number of carbonyl (C=O) groups excluding carboxylic acids is 2. The summed E-state index contributed by atoms with van der Waals surface area (Å²) in [7, 11) is 1.79. The molecule has 1 aliphatic carbocycles. The largest absolute Gasteiger partial charge is 0.376 e. The van der Waals surface area contributed by atoms with E-state index in [0.717, 1.165) is 19.5 Å². The van der Waals surface area contributed by atoms with Crippen molar-refractivity contribution in [3.63, 3.8) is 0 Å². The SMILES string of the molecule is CCC(CN1CC2c3ccccc3C(OC)C2C1)N1C(=O)c2ccccc2C1=O. The first-order valence-electron chi connectivity index (χ1n) is 10.4. The fourth-order valence-electron chi connectivity index (χ4n) is 5.57. The lowest BCUT2D eigenvalue weighted by Crippen LogP contribution is -2.46. The second-order valence-corrected chi connectivity index (χ2v) is 8.36. The molecule has 3 aliphatic rings. The Bertz CT molecular complexity index is 937. The zero-order valence-corrected chi connectivity index (χ0v) is 16.9. The van der Waals surface area contributed by atoms with Gasteiger partial charge in [0.05, 0.1) is 23.3 Å². The topological polar surface area (TPSA) is 49.9 Å². The number of methoxy groups -OCH3 is 1. The molecule has 1 saturated heterocycles. The Morgan fingerprint density at radius 3 is 2.21 bits per heavy atom. The molecular weight excluding hydrogens is 364 g/mol. The third-order valence-corrected chi connectivity index (χ3v) is 6.92. The van der Waals surface area contributed by atoms with Crippen LogP contribution in [0.3, 0.4) is 0 Å². The van der Waals surface area contributed by atoms with Gasteiger partial charge in [0.25, 0.3) is 11.8 Å². The molecule has 0 bridgehead atoms. The fourth-order valence-corrected chi connectivity index (χ4v) is 5.57. The molecule has 1 fully saturated rings. The minimum absolute atomic E-state index is 0.113. The van der Waals surface area contributed by atoms with Crippen molar-refractivity contribution in [1.82, 2.24) is 9.80 Å². The standard InChI is InChI=1S/C24H26N2O3/c1-3-15(26-23(27)18-10-6-7-11-19(18)24(26)28)12-25-13-20-16-8-4-5-9-17(16)22(29-2)21(20)14-25/h4-11,15,20-22H,3,12-14H2,1-2H3. The van der Waals surface area contributed by atoms with Gasteiger partial charge >= 0.3 is 0 Å². The van der Waals surface area contributed by atoms with Gasteiger partial charge in [-0.15, -0.1) is 0 Å². The van der Waals surface area contributed by atoms with Crippen LogP contribution >= 0.6 is 0 Å². The summed E-state index contributed by atoms with van der Waals surface area (Å²) in [5.41, 5.74) is 3.77. The van der Waals surface area contributed by atoms with E-state index in [1.54, 1.807) is 19.2 Å². The number of imide groups is 1. The highest BCUT2D eigenvalue weighted by atomic mass is 16.5. The quantitative estimate of drug-likeness (QED) is 0.734. The zero-order valence-electron chi connectivity index (χ0n) is 16.9. The van der Waals surface area contributed by atoms with Crippen molar-refractivity contribution in [2.45, 2.75) is 31.4 Å². The van der Waals surface area contributed by atoms with Gasteiger partial charge in [-0.2, -0.15) is 0 Å². The molecule has 2 aromatic rings. The normalized spacial score (nSPS) is 26.6. The Kier molecular flexibility index (Phi) is 4.52. The lowest BCUT2D eigenvalue weighted by Gasteiger charge is -2.30. The van der Waals surface area contributed by atoms with E-state index in [9.17, 15) is 9.59 Å². The van der Waals surface area contributed by atoms with Gasteiger partial charge in [0, 0.05) is 38.6 Å². The molecule has 2 aliphatic heterocycles. The van der Waals surface area contributed by atoms with Gasteiger partial charge in [-0.05, 0) is 29.7 Å². The molecule has 5 heteroatoms. The number of hydrogen-bond donors (Lipinski definition) is 0. The molecule has 4 atom stereocenters. The zero-order chi connectivity index (χ0) is 20.1. The second-order valence-electron chi connectivity index (χ2n) is 8.36. The highest BCUT2D eigenvalue weighted by Gasteiger charge is 2.47. The summed E-state index contributed by atoms with van der Waals surface area (Å²) >= 11 is 0. The predicted molar refractivity (Wildman–Crippen MR) is 110 cm³/mol. The minimum atomic E-state index is -0.156. The van der Waals surface area contributed by atoms with Crippen LogP contribution in [-0.4, -0.2) is 54.4 Å².